The minimum absolute atomic E-state index is 0.0848. The van der Waals surface area contributed by atoms with Crippen LogP contribution in [-0.2, 0) is 46.0 Å². The van der Waals surface area contributed by atoms with Crippen LogP contribution in [0.5, 0.6) is 0 Å². The van der Waals surface area contributed by atoms with E-state index < -0.39 is 20.0 Å². The fraction of sp³-hybridized carbons (Fsp3) is 0.739. The highest BCUT2D eigenvalue weighted by Gasteiger charge is 2.27. The predicted molar refractivity (Wildman–Crippen MR) is 132 cm³/mol. The molecule has 0 amide bonds. The van der Waals surface area contributed by atoms with E-state index >= 15 is 0 Å². The van der Waals surface area contributed by atoms with Crippen molar-refractivity contribution in [3.8, 4) is 0 Å². The van der Waals surface area contributed by atoms with Gasteiger partial charge in [-0.1, -0.05) is 39.8 Å². The SMILES string of the molecule is CCCN(CCC)C1Cc2cc(CNS(=O)(=O)CCC)c(CNS(=O)(=O)CCC)cc2C1. The molecule has 0 spiro atoms. The number of hydrogen-bond acceptors (Lipinski definition) is 5. The molecule has 2 N–H and O–H groups in total. The maximum Gasteiger partial charge on any atom is 0.211 e. The van der Waals surface area contributed by atoms with Crippen LogP contribution in [0.3, 0.4) is 0 Å². The molecule has 9 heteroatoms. The van der Waals surface area contributed by atoms with Gasteiger partial charge >= 0.3 is 0 Å². The van der Waals surface area contributed by atoms with Crippen molar-refractivity contribution in [2.45, 2.75) is 85.4 Å². The highest BCUT2D eigenvalue weighted by molar-refractivity contribution is 7.89. The van der Waals surface area contributed by atoms with E-state index in [0.717, 1.165) is 49.9 Å². The molecule has 7 nitrogen and oxygen atoms in total. The number of sulfonamides is 2. The third kappa shape index (κ3) is 8.09. The lowest BCUT2D eigenvalue weighted by Gasteiger charge is -2.27. The highest BCUT2D eigenvalue weighted by Crippen LogP contribution is 2.29. The molecule has 0 aromatic heterocycles. The Morgan fingerprint density at radius 1 is 0.750 bits per heavy atom. The molecule has 0 saturated carbocycles. The second kappa shape index (κ2) is 12.5. The number of rotatable bonds is 15. The third-order valence-electron chi connectivity index (χ3n) is 5.88. The summed E-state index contributed by atoms with van der Waals surface area (Å²) in [6, 6.07) is 4.62. The van der Waals surface area contributed by atoms with Crippen molar-refractivity contribution in [3.05, 3.63) is 34.4 Å². The summed E-state index contributed by atoms with van der Waals surface area (Å²) < 4.78 is 54.2. The molecule has 32 heavy (non-hydrogen) atoms. The smallest absolute Gasteiger partial charge is 0.211 e. The molecule has 0 unspecified atom stereocenters. The summed E-state index contributed by atoms with van der Waals surface area (Å²) in [6.45, 7) is 10.6. The van der Waals surface area contributed by atoms with Gasteiger partial charge in [0, 0.05) is 19.1 Å². The topological polar surface area (TPSA) is 95.6 Å². The Labute approximate surface area is 195 Å². The van der Waals surface area contributed by atoms with E-state index in [0.29, 0.717) is 18.9 Å². The Bertz CT molecular complexity index is 871. The average molecular weight is 488 g/mol. The summed E-state index contributed by atoms with van der Waals surface area (Å²) in [5.41, 5.74) is 4.19. The predicted octanol–water partition coefficient (Wildman–Crippen LogP) is 2.93. The standard InChI is InChI=1S/C23H41N3O4S2/c1-5-9-26(10-6-2)23-15-19-13-21(17-24-31(27,28)11-7-3)22(14-20(19)16-23)18-25-32(29,30)12-8-4/h13-14,23-25H,5-12,15-18H2,1-4H3. The molecule has 0 fully saturated rings. The van der Waals surface area contributed by atoms with Crippen LogP contribution >= 0.6 is 0 Å². The van der Waals surface area contributed by atoms with Crippen molar-refractivity contribution in [1.82, 2.24) is 14.3 Å². The first-order valence-electron chi connectivity index (χ1n) is 12.0. The van der Waals surface area contributed by atoms with E-state index in [2.05, 4.69) is 40.3 Å². The maximum absolute atomic E-state index is 12.2. The third-order valence-corrected chi connectivity index (χ3v) is 8.94. The normalized spacial score (nSPS) is 14.9. The van der Waals surface area contributed by atoms with Crippen LogP contribution in [0.1, 0.15) is 75.6 Å². The lowest BCUT2D eigenvalue weighted by Crippen LogP contribution is -2.37. The zero-order valence-corrected chi connectivity index (χ0v) is 21.7. The minimum Gasteiger partial charge on any atom is -0.300 e. The summed E-state index contributed by atoms with van der Waals surface area (Å²) in [5, 5.41) is 0. The van der Waals surface area contributed by atoms with E-state index in [-0.39, 0.29) is 24.6 Å². The monoisotopic (exact) mass is 487 g/mol. The van der Waals surface area contributed by atoms with Crippen LogP contribution in [0.15, 0.2) is 12.1 Å². The van der Waals surface area contributed by atoms with E-state index in [1.54, 1.807) is 0 Å². The fourth-order valence-corrected chi connectivity index (χ4v) is 6.56. The van der Waals surface area contributed by atoms with Gasteiger partial charge in [-0.25, -0.2) is 26.3 Å². The molecule has 1 aliphatic carbocycles. The van der Waals surface area contributed by atoms with Gasteiger partial charge in [0.25, 0.3) is 0 Å². The van der Waals surface area contributed by atoms with Gasteiger partial charge in [0.1, 0.15) is 0 Å². The highest BCUT2D eigenvalue weighted by atomic mass is 32.2. The Balaban J connectivity index is 2.28. The van der Waals surface area contributed by atoms with Gasteiger partial charge in [-0.3, -0.25) is 4.90 Å². The fourth-order valence-electron chi connectivity index (χ4n) is 4.45. The Morgan fingerprint density at radius 2 is 1.16 bits per heavy atom. The zero-order valence-electron chi connectivity index (χ0n) is 20.1. The second-order valence-corrected chi connectivity index (χ2v) is 12.6. The summed E-state index contributed by atoms with van der Waals surface area (Å²) in [4.78, 5) is 2.55. The minimum atomic E-state index is -3.35. The summed E-state index contributed by atoms with van der Waals surface area (Å²) in [5.74, 6) is 0.170. The molecule has 1 aromatic rings. The van der Waals surface area contributed by atoms with Gasteiger partial charge in [-0.2, -0.15) is 0 Å². The molecule has 0 bridgehead atoms. The van der Waals surface area contributed by atoms with Gasteiger partial charge < -0.3 is 0 Å². The second-order valence-electron chi connectivity index (χ2n) is 8.77. The number of nitrogens with zero attached hydrogens (tertiary/aromatic N) is 1. The molecule has 1 aromatic carbocycles. The number of fused-ring (bicyclic) bond motifs is 1. The molecule has 1 aliphatic rings. The van der Waals surface area contributed by atoms with Crippen LogP contribution < -0.4 is 9.44 Å². The van der Waals surface area contributed by atoms with Crippen LogP contribution in [0, 0.1) is 0 Å². The Hall–Kier alpha value is -1.00. The summed E-state index contributed by atoms with van der Waals surface area (Å²) >= 11 is 0. The number of benzene rings is 1. The first kappa shape index (κ1) is 27.2. The van der Waals surface area contributed by atoms with Gasteiger partial charge in [-0.05, 0) is 73.9 Å². The van der Waals surface area contributed by atoms with Crippen molar-refractivity contribution < 1.29 is 16.8 Å². The van der Waals surface area contributed by atoms with Crippen molar-refractivity contribution in [1.29, 1.82) is 0 Å². The van der Waals surface area contributed by atoms with Gasteiger partial charge in [0.15, 0.2) is 0 Å². The van der Waals surface area contributed by atoms with E-state index in [1.165, 1.54) is 11.1 Å². The largest absolute Gasteiger partial charge is 0.300 e. The lowest BCUT2D eigenvalue weighted by molar-refractivity contribution is 0.202. The molecular weight excluding hydrogens is 446 g/mol. The van der Waals surface area contributed by atoms with Crippen LogP contribution in [0.2, 0.25) is 0 Å². The number of hydrogen-bond donors (Lipinski definition) is 2. The molecule has 0 atom stereocenters. The molecule has 0 heterocycles. The van der Waals surface area contributed by atoms with Gasteiger partial charge in [-0.15, -0.1) is 0 Å². The summed E-state index contributed by atoms with van der Waals surface area (Å²) in [7, 11) is -6.70. The van der Waals surface area contributed by atoms with E-state index in [1.807, 2.05) is 13.8 Å². The molecule has 2 rings (SSSR count). The molecule has 0 radical (unpaired) electrons. The first-order chi connectivity index (χ1) is 15.1. The maximum atomic E-state index is 12.2. The molecule has 0 saturated heterocycles. The molecule has 184 valence electrons. The van der Waals surface area contributed by atoms with Crippen molar-refractivity contribution in [2.75, 3.05) is 24.6 Å². The van der Waals surface area contributed by atoms with Crippen molar-refractivity contribution in [2.24, 2.45) is 0 Å². The first-order valence-corrected chi connectivity index (χ1v) is 15.3. The van der Waals surface area contributed by atoms with Gasteiger partial charge in [0.2, 0.25) is 20.0 Å². The number of nitrogens with one attached hydrogen (secondary N) is 2. The van der Waals surface area contributed by atoms with Crippen LogP contribution in [0.4, 0.5) is 0 Å². The van der Waals surface area contributed by atoms with Crippen molar-refractivity contribution >= 4 is 20.0 Å². The Morgan fingerprint density at radius 3 is 1.50 bits per heavy atom. The zero-order chi connectivity index (χ0) is 23.8. The lowest BCUT2D eigenvalue weighted by atomic mass is 10.00. The van der Waals surface area contributed by atoms with Gasteiger partial charge in [0.05, 0.1) is 11.5 Å². The molecular formula is C23H41N3O4S2. The molecule has 0 aliphatic heterocycles. The van der Waals surface area contributed by atoms with E-state index in [4.69, 9.17) is 0 Å². The quantitative estimate of drug-likeness (QED) is 0.397. The van der Waals surface area contributed by atoms with Crippen LogP contribution in [-0.4, -0.2) is 52.4 Å². The Kier molecular flexibility index (Phi) is 10.6. The average Bonchev–Trinajstić information content (AvgIpc) is 3.13. The van der Waals surface area contributed by atoms with Crippen LogP contribution in [0.25, 0.3) is 0 Å². The summed E-state index contributed by atoms with van der Waals surface area (Å²) in [6.07, 6.45) is 5.23. The van der Waals surface area contributed by atoms with Crippen molar-refractivity contribution in [3.63, 3.8) is 0 Å². The van der Waals surface area contributed by atoms with E-state index in [9.17, 15) is 16.8 Å².